The maximum Gasteiger partial charge on any atom is 0.208 e. The predicted octanol–water partition coefficient (Wildman–Crippen LogP) is 1.44. The molecule has 0 aliphatic rings. The minimum atomic E-state index is 0.278. The van der Waals surface area contributed by atoms with Crippen LogP contribution in [0.4, 0.5) is 5.82 Å². The van der Waals surface area contributed by atoms with E-state index in [0.717, 1.165) is 5.56 Å². The van der Waals surface area contributed by atoms with Crippen LogP contribution in [0.25, 0.3) is 11.2 Å². The van der Waals surface area contributed by atoms with Gasteiger partial charge in [0, 0.05) is 0 Å². The molecule has 5 heteroatoms. The van der Waals surface area contributed by atoms with Crippen LogP contribution in [-0.4, -0.2) is 19.5 Å². The molecule has 0 amide bonds. The van der Waals surface area contributed by atoms with Gasteiger partial charge in [-0.15, -0.1) is 6.42 Å². The number of anilines is 1. The molecule has 2 aromatic heterocycles. The van der Waals surface area contributed by atoms with Crippen molar-refractivity contribution in [2.45, 2.75) is 6.54 Å². The molecule has 19 heavy (non-hydrogen) atoms. The number of nitrogens with two attached hydrogens (primary N) is 1. The Balaban J connectivity index is 2.10. The van der Waals surface area contributed by atoms with Crippen LogP contribution >= 0.6 is 0 Å². The van der Waals surface area contributed by atoms with Crippen LogP contribution in [0.1, 0.15) is 11.4 Å². The third kappa shape index (κ3) is 2.00. The van der Waals surface area contributed by atoms with Crippen LogP contribution in [0.2, 0.25) is 0 Å². The van der Waals surface area contributed by atoms with Crippen molar-refractivity contribution in [2.75, 3.05) is 5.73 Å². The average molecular weight is 249 g/mol. The molecular formula is C14H11N5. The zero-order chi connectivity index (χ0) is 13.2. The smallest absolute Gasteiger partial charge is 0.208 e. The molecule has 1 aromatic carbocycles. The Labute approximate surface area is 110 Å². The molecule has 0 unspecified atom stereocenters. The number of nitrogens with zero attached hydrogens (tertiary/aromatic N) is 4. The van der Waals surface area contributed by atoms with Gasteiger partial charge >= 0.3 is 0 Å². The fraction of sp³-hybridized carbons (Fsp3) is 0.0714. The van der Waals surface area contributed by atoms with Crippen LogP contribution in [0, 0.1) is 12.3 Å². The molecule has 0 aliphatic carbocycles. The zero-order valence-electron chi connectivity index (χ0n) is 10.1. The second-order valence-corrected chi connectivity index (χ2v) is 4.11. The van der Waals surface area contributed by atoms with E-state index in [1.807, 2.05) is 34.9 Å². The average Bonchev–Trinajstić information content (AvgIpc) is 2.83. The Bertz CT molecular complexity index is 768. The lowest BCUT2D eigenvalue weighted by molar-refractivity contribution is 0.812. The van der Waals surface area contributed by atoms with Gasteiger partial charge < -0.3 is 10.3 Å². The summed E-state index contributed by atoms with van der Waals surface area (Å²) in [7, 11) is 0. The Kier molecular flexibility index (Phi) is 2.62. The number of imidazole rings is 1. The first kappa shape index (κ1) is 11.2. The highest BCUT2D eigenvalue weighted by Gasteiger charge is 2.10. The van der Waals surface area contributed by atoms with Gasteiger partial charge in [-0.25, -0.2) is 15.0 Å². The van der Waals surface area contributed by atoms with Crippen LogP contribution in [0.3, 0.4) is 0 Å². The Morgan fingerprint density at radius 1 is 1.21 bits per heavy atom. The van der Waals surface area contributed by atoms with Gasteiger partial charge in [0.05, 0.1) is 12.9 Å². The SMILES string of the molecule is C#Cc1nc(N)c2ncn(Cc3ccccc3)c2n1. The highest BCUT2D eigenvalue weighted by atomic mass is 15.1. The van der Waals surface area contributed by atoms with E-state index >= 15 is 0 Å². The minimum Gasteiger partial charge on any atom is -0.382 e. The molecule has 5 nitrogen and oxygen atoms in total. The van der Waals surface area contributed by atoms with Crippen molar-refractivity contribution in [3.8, 4) is 12.3 Å². The highest BCUT2D eigenvalue weighted by Crippen LogP contribution is 2.17. The van der Waals surface area contributed by atoms with E-state index in [2.05, 4.69) is 20.9 Å². The molecule has 0 atom stereocenters. The van der Waals surface area contributed by atoms with Crippen molar-refractivity contribution in [3.63, 3.8) is 0 Å². The van der Waals surface area contributed by atoms with Crippen LogP contribution in [0.5, 0.6) is 0 Å². The Hall–Kier alpha value is -2.87. The summed E-state index contributed by atoms with van der Waals surface area (Å²) in [5, 5.41) is 0. The third-order valence-electron chi connectivity index (χ3n) is 2.82. The van der Waals surface area contributed by atoms with Crippen molar-refractivity contribution < 1.29 is 0 Å². The summed E-state index contributed by atoms with van der Waals surface area (Å²) in [5.74, 6) is 2.99. The first-order valence-corrected chi connectivity index (χ1v) is 5.77. The summed E-state index contributed by atoms with van der Waals surface area (Å²) in [6, 6.07) is 10.0. The molecule has 92 valence electrons. The summed E-state index contributed by atoms with van der Waals surface area (Å²) in [6.45, 7) is 0.664. The number of hydrogen-bond donors (Lipinski definition) is 1. The fourth-order valence-electron chi connectivity index (χ4n) is 1.93. The maximum atomic E-state index is 5.82. The van der Waals surface area contributed by atoms with Gasteiger partial charge in [0.2, 0.25) is 5.82 Å². The topological polar surface area (TPSA) is 69.6 Å². The van der Waals surface area contributed by atoms with Crippen molar-refractivity contribution in [3.05, 3.63) is 48.0 Å². The molecule has 0 spiro atoms. The van der Waals surface area contributed by atoms with E-state index in [-0.39, 0.29) is 5.82 Å². The lowest BCUT2D eigenvalue weighted by Crippen LogP contribution is -2.03. The number of aromatic nitrogens is 4. The fourth-order valence-corrected chi connectivity index (χ4v) is 1.93. The first-order valence-electron chi connectivity index (χ1n) is 5.77. The van der Waals surface area contributed by atoms with Crippen molar-refractivity contribution in [1.82, 2.24) is 19.5 Å². The maximum absolute atomic E-state index is 5.82. The van der Waals surface area contributed by atoms with E-state index in [9.17, 15) is 0 Å². The standard InChI is InChI=1S/C14H11N5/c1-2-11-17-13(15)12-14(18-11)19(9-16-12)8-10-6-4-3-5-7-10/h1,3-7,9H,8H2,(H2,15,17,18). The lowest BCUT2D eigenvalue weighted by atomic mass is 10.2. The Morgan fingerprint density at radius 2 is 2.00 bits per heavy atom. The van der Waals surface area contributed by atoms with Gasteiger partial charge in [0.1, 0.15) is 5.52 Å². The quantitative estimate of drug-likeness (QED) is 0.698. The van der Waals surface area contributed by atoms with Gasteiger partial charge in [-0.1, -0.05) is 30.3 Å². The molecule has 0 saturated carbocycles. The monoisotopic (exact) mass is 249 g/mol. The highest BCUT2D eigenvalue weighted by molar-refractivity contribution is 5.81. The molecular weight excluding hydrogens is 238 g/mol. The van der Waals surface area contributed by atoms with Gasteiger partial charge in [-0.2, -0.15) is 0 Å². The van der Waals surface area contributed by atoms with E-state index in [0.29, 0.717) is 23.5 Å². The van der Waals surface area contributed by atoms with Gasteiger partial charge in [0.15, 0.2) is 11.5 Å². The second-order valence-electron chi connectivity index (χ2n) is 4.11. The minimum absolute atomic E-state index is 0.278. The molecule has 2 heterocycles. The molecule has 0 bridgehead atoms. The summed E-state index contributed by atoms with van der Waals surface area (Å²) in [4.78, 5) is 12.5. The lowest BCUT2D eigenvalue weighted by Gasteiger charge is -2.04. The number of rotatable bonds is 2. The molecule has 2 N–H and O–H groups in total. The number of terminal acetylenes is 1. The van der Waals surface area contributed by atoms with Crippen LogP contribution in [0.15, 0.2) is 36.7 Å². The van der Waals surface area contributed by atoms with E-state index in [1.54, 1.807) is 6.33 Å². The second kappa shape index (κ2) is 4.42. The van der Waals surface area contributed by atoms with Crippen molar-refractivity contribution in [1.29, 1.82) is 0 Å². The number of nitrogen functional groups attached to an aromatic ring is 1. The predicted molar refractivity (Wildman–Crippen MR) is 73.2 cm³/mol. The number of fused-ring (bicyclic) bond motifs is 1. The zero-order valence-corrected chi connectivity index (χ0v) is 10.1. The first-order chi connectivity index (χ1) is 9.28. The van der Waals surface area contributed by atoms with Crippen LogP contribution < -0.4 is 5.73 Å². The van der Waals surface area contributed by atoms with E-state index < -0.39 is 0 Å². The number of hydrogen-bond acceptors (Lipinski definition) is 4. The van der Waals surface area contributed by atoms with Gasteiger partial charge in [-0.3, -0.25) is 0 Å². The summed E-state index contributed by atoms with van der Waals surface area (Å²) in [6.07, 6.45) is 7.02. The molecule has 0 radical (unpaired) electrons. The molecule has 0 aliphatic heterocycles. The molecule has 3 aromatic rings. The van der Waals surface area contributed by atoms with Crippen molar-refractivity contribution in [2.24, 2.45) is 0 Å². The molecule has 0 fully saturated rings. The Morgan fingerprint density at radius 3 is 2.74 bits per heavy atom. The van der Waals surface area contributed by atoms with Gasteiger partial charge in [-0.05, 0) is 11.5 Å². The summed E-state index contributed by atoms with van der Waals surface area (Å²) in [5.41, 5.74) is 8.21. The van der Waals surface area contributed by atoms with Crippen LogP contribution in [-0.2, 0) is 6.54 Å². The summed E-state index contributed by atoms with van der Waals surface area (Å²) >= 11 is 0. The molecule has 3 rings (SSSR count). The van der Waals surface area contributed by atoms with Crippen molar-refractivity contribution >= 4 is 17.0 Å². The normalized spacial score (nSPS) is 10.5. The van der Waals surface area contributed by atoms with E-state index in [1.165, 1.54) is 0 Å². The largest absolute Gasteiger partial charge is 0.382 e. The number of benzene rings is 1. The third-order valence-corrected chi connectivity index (χ3v) is 2.82. The molecule has 0 saturated heterocycles. The van der Waals surface area contributed by atoms with Gasteiger partial charge in [0.25, 0.3) is 0 Å². The van der Waals surface area contributed by atoms with E-state index in [4.69, 9.17) is 12.2 Å². The summed E-state index contributed by atoms with van der Waals surface area (Å²) < 4.78 is 1.91.